The van der Waals surface area contributed by atoms with E-state index in [4.69, 9.17) is 4.74 Å². The molecule has 0 N–H and O–H groups in total. The Labute approximate surface area is 119 Å². The molecule has 7 nitrogen and oxygen atoms in total. The zero-order valence-electron chi connectivity index (χ0n) is 12.4. The van der Waals surface area contributed by atoms with Crippen molar-refractivity contribution in [1.82, 2.24) is 30.0 Å². The van der Waals surface area contributed by atoms with Gasteiger partial charge in [0.15, 0.2) is 5.82 Å². The number of aromatic nitrogens is 4. The predicted molar refractivity (Wildman–Crippen MR) is 74.1 cm³/mol. The highest BCUT2D eigenvalue weighted by Crippen LogP contribution is 2.23. The van der Waals surface area contributed by atoms with E-state index in [1.165, 1.54) is 25.9 Å². The maximum absolute atomic E-state index is 5.57. The van der Waals surface area contributed by atoms with Crippen LogP contribution in [0.15, 0.2) is 0 Å². The summed E-state index contributed by atoms with van der Waals surface area (Å²) in [5, 5.41) is 11.7. The molecule has 0 amide bonds. The number of aryl methyl sites for hydroxylation is 1. The maximum Gasteiger partial charge on any atom is 0.165 e. The average molecular weight is 280 g/mol. The van der Waals surface area contributed by atoms with Gasteiger partial charge in [0, 0.05) is 33.3 Å². The molecule has 1 aromatic rings. The molecule has 20 heavy (non-hydrogen) atoms. The van der Waals surface area contributed by atoms with Crippen molar-refractivity contribution < 1.29 is 4.74 Å². The summed E-state index contributed by atoms with van der Waals surface area (Å²) >= 11 is 0. The molecular formula is C13H24N6O. The van der Waals surface area contributed by atoms with Gasteiger partial charge >= 0.3 is 0 Å². The molecule has 112 valence electrons. The zero-order valence-corrected chi connectivity index (χ0v) is 12.4. The SMILES string of the molecule is CO[C@H]1C[C@@H](CN2CCCC2)N(Cc2nnnn2C)C1. The van der Waals surface area contributed by atoms with E-state index >= 15 is 0 Å². The highest BCUT2D eigenvalue weighted by molar-refractivity contribution is 4.92. The molecular weight excluding hydrogens is 256 g/mol. The minimum Gasteiger partial charge on any atom is -0.380 e. The van der Waals surface area contributed by atoms with Crippen LogP contribution in [0.1, 0.15) is 25.1 Å². The summed E-state index contributed by atoms with van der Waals surface area (Å²) in [4.78, 5) is 5.04. The summed E-state index contributed by atoms with van der Waals surface area (Å²) in [7, 11) is 3.71. The third-order valence-corrected chi connectivity index (χ3v) is 4.54. The molecule has 0 saturated carbocycles. The lowest BCUT2D eigenvalue weighted by Crippen LogP contribution is -2.39. The average Bonchev–Trinajstić information content (AvgIpc) is 3.15. The second-order valence-electron chi connectivity index (χ2n) is 5.90. The molecule has 2 aliphatic rings. The fourth-order valence-electron chi connectivity index (χ4n) is 3.32. The maximum atomic E-state index is 5.57. The first-order chi connectivity index (χ1) is 9.76. The number of nitrogens with zero attached hydrogens (tertiary/aromatic N) is 6. The first-order valence-corrected chi connectivity index (χ1v) is 7.46. The largest absolute Gasteiger partial charge is 0.380 e. The van der Waals surface area contributed by atoms with Gasteiger partial charge < -0.3 is 9.64 Å². The molecule has 0 unspecified atom stereocenters. The molecule has 0 aliphatic carbocycles. The van der Waals surface area contributed by atoms with E-state index in [0.717, 1.165) is 31.9 Å². The predicted octanol–water partition coefficient (Wildman–Crippen LogP) is -0.105. The van der Waals surface area contributed by atoms with E-state index in [2.05, 4.69) is 25.3 Å². The standard InChI is InChI=1S/C13H24N6O/c1-17-13(14-15-16-17)10-19-9-12(20-2)7-11(19)8-18-5-3-4-6-18/h11-12H,3-10H2,1-2H3/t11-,12-/m0/s1. The molecule has 7 heteroatoms. The lowest BCUT2D eigenvalue weighted by Gasteiger charge is -2.27. The summed E-state index contributed by atoms with van der Waals surface area (Å²) in [6.07, 6.45) is 4.13. The highest BCUT2D eigenvalue weighted by Gasteiger charge is 2.34. The fraction of sp³-hybridized carbons (Fsp3) is 0.923. The Morgan fingerprint density at radius 1 is 1.30 bits per heavy atom. The fourth-order valence-corrected chi connectivity index (χ4v) is 3.32. The Morgan fingerprint density at radius 2 is 2.10 bits per heavy atom. The number of likely N-dealkylation sites (tertiary alicyclic amines) is 2. The topological polar surface area (TPSA) is 59.3 Å². The second kappa shape index (κ2) is 6.15. The van der Waals surface area contributed by atoms with Crippen LogP contribution in [0, 0.1) is 0 Å². The molecule has 2 atom stereocenters. The van der Waals surface area contributed by atoms with E-state index in [0.29, 0.717) is 12.1 Å². The van der Waals surface area contributed by atoms with Gasteiger partial charge in [-0.15, -0.1) is 5.10 Å². The Kier molecular flexibility index (Phi) is 4.28. The van der Waals surface area contributed by atoms with Crippen molar-refractivity contribution in [3.8, 4) is 0 Å². The molecule has 0 radical (unpaired) electrons. The van der Waals surface area contributed by atoms with Gasteiger partial charge in [-0.1, -0.05) is 0 Å². The Morgan fingerprint density at radius 3 is 2.75 bits per heavy atom. The molecule has 2 aliphatic heterocycles. The minimum atomic E-state index is 0.337. The van der Waals surface area contributed by atoms with Crippen molar-refractivity contribution >= 4 is 0 Å². The third-order valence-electron chi connectivity index (χ3n) is 4.54. The Hall–Kier alpha value is -1.05. The summed E-state index contributed by atoms with van der Waals surface area (Å²) in [5.41, 5.74) is 0. The van der Waals surface area contributed by atoms with Crippen LogP contribution < -0.4 is 0 Å². The summed E-state index contributed by atoms with van der Waals surface area (Å²) in [5.74, 6) is 0.924. The lowest BCUT2D eigenvalue weighted by atomic mass is 10.2. The molecule has 0 spiro atoms. The van der Waals surface area contributed by atoms with Gasteiger partial charge in [-0.3, -0.25) is 4.90 Å². The lowest BCUT2D eigenvalue weighted by molar-refractivity contribution is 0.106. The van der Waals surface area contributed by atoms with Gasteiger partial charge in [-0.25, -0.2) is 4.68 Å². The van der Waals surface area contributed by atoms with Gasteiger partial charge in [-0.05, 0) is 42.8 Å². The number of tetrazole rings is 1. The first-order valence-electron chi connectivity index (χ1n) is 7.46. The van der Waals surface area contributed by atoms with Crippen LogP contribution in [0.25, 0.3) is 0 Å². The molecule has 1 aromatic heterocycles. The molecule has 2 saturated heterocycles. The van der Waals surface area contributed by atoms with E-state index in [9.17, 15) is 0 Å². The summed E-state index contributed by atoms with van der Waals surface area (Å²) in [6, 6.07) is 0.551. The van der Waals surface area contributed by atoms with Crippen molar-refractivity contribution in [1.29, 1.82) is 0 Å². The van der Waals surface area contributed by atoms with Gasteiger partial charge in [-0.2, -0.15) is 0 Å². The molecule has 3 rings (SSSR count). The van der Waals surface area contributed by atoms with Crippen molar-refractivity contribution in [2.75, 3.05) is 33.3 Å². The van der Waals surface area contributed by atoms with Crippen LogP contribution in [-0.4, -0.2) is 75.4 Å². The van der Waals surface area contributed by atoms with Gasteiger partial charge in [0.25, 0.3) is 0 Å². The quantitative estimate of drug-likeness (QED) is 0.750. The zero-order chi connectivity index (χ0) is 13.9. The van der Waals surface area contributed by atoms with E-state index in [1.807, 2.05) is 14.2 Å². The number of hydrogen-bond acceptors (Lipinski definition) is 6. The van der Waals surface area contributed by atoms with E-state index in [1.54, 1.807) is 4.68 Å². The van der Waals surface area contributed by atoms with Crippen molar-refractivity contribution in [2.24, 2.45) is 7.05 Å². The normalized spacial score (nSPS) is 28.5. The monoisotopic (exact) mass is 280 g/mol. The summed E-state index contributed by atoms with van der Waals surface area (Å²) in [6.45, 7) is 5.41. The number of ether oxygens (including phenoxy) is 1. The van der Waals surface area contributed by atoms with Crippen molar-refractivity contribution in [3.63, 3.8) is 0 Å². The van der Waals surface area contributed by atoms with E-state index < -0.39 is 0 Å². The van der Waals surface area contributed by atoms with Crippen LogP contribution in [0.2, 0.25) is 0 Å². The second-order valence-corrected chi connectivity index (χ2v) is 5.90. The highest BCUT2D eigenvalue weighted by atomic mass is 16.5. The van der Waals surface area contributed by atoms with Crippen LogP contribution in [0.4, 0.5) is 0 Å². The van der Waals surface area contributed by atoms with Crippen LogP contribution in [0.5, 0.6) is 0 Å². The van der Waals surface area contributed by atoms with Gasteiger partial charge in [0.1, 0.15) is 0 Å². The number of rotatable bonds is 5. The first kappa shape index (κ1) is 13.9. The van der Waals surface area contributed by atoms with Crippen LogP contribution in [-0.2, 0) is 18.3 Å². The van der Waals surface area contributed by atoms with Gasteiger partial charge in [0.2, 0.25) is 0 Å². The molecule has 3 heterocycles. The number of methoxy groups -OCH3 is 1. The minimum absolute atomic E-state index is 0.337. The van der Waals surface area contributed by atoms with Crippen LogP contribution >= 0.6 is 0 Å². The number of hydrogen-bond donors (Lipinski definition) is 0. The van der Waals surface area contributed by atoms with Crippen molar-refractivity contribution in [3.05, 3.63) is 5.82 Å². The summed E-state index contributed by atoms with van der Waals surface area (Å²) < 4.78 is 7.32. The van der Waals surface area contributed by atoms with Gasteiger partial charge in [0.05, 0.1) is 12.6 Å². The van der Waals surface area contributed by atoms with Crippen molar-refractivity contribution in [2.45, 2.75) is 38.0 Å². The molecule has 0 aromatic carbocycles. The third kappa shape index (κ3) is 2.99. The van der Waals surface area contributed by atoms with E-state index in [-0.39, 0.29) is 0 Å². The smallest absolute Gasteiger partial charge is 0.165 e. The van der Waals surface area contributed by atoms with Crippen LogP contribution in [0.3, 0.4) is 0 Å². The Balaban J connectivity index is 1.64. The Bertz CT molecular complexity index is 430. The molecule has 0 bridgehead atoms. The molecule has 2 fully saturated rings.